The molecule has 0 bridgehead atoms. The smallest absolute Gasteiger partial charge is 0.317 e. The third-order valence-corrected chi connectivity index (χ3v) is 5.24. The van der Waals surface area contributed by atoms with Crippen LogP contribution in [0.15, 0.2) is 24.3 Å². The van der Waals surface area contributed by atoms with Crippen molar-refractivity contribution in [3.63, 3.8) is 0 Å². The molecule has 0 aliphatic carbocycles. The van der Waals surface area contributed by atoms with Gasteiger partial charge in [0.15, 0.2) is 0 Å². The zero-order valence-electron chi connectivity index (χ0n) is 14.4. The van der Waals surface area contributed by atoms with Gasteiger partial charge in [-0.05, 0) is 30.9 Å². The molecule has 2 aliphatic heterocycles. The normalized spacial score (nSPS) is 17.0. The fourth-order valence-electron chi connectivity index (χ4n) is 3.88. The standard InChI is InChI=1S/C19H24N4O2/c24-18(22-10-3-4-11-22)7-9-20-19(25)23-12-8-15-14-5-1-2-6-16(14)21-17(15)13-23/h1-2,5-6,21H,3-4,7-13H2,(H,20,25). The van der Waals surface area contributed by atoms with Crippen LogP contribution in [0, 0.1) is 0 Å². The van der Waals surface area contributed by atoms with Gasteiger partial charge in [0.05, 0.1) is 6.54 Å². The number of para-hydroxylation sites is 1. The summed E-state index contributed by atoms with van der Waals surface area (Å²) in [4.78, 5) is 31.6. The van der Waals surface area contributed by atoms with Crippen molar-refractivity contribution < 1.29 is 9.59 Å². The van der Waals surface area contributed by atoms with Crippen LogP contribution >= 0.6 is 0 Å². The summed E-state index contributed by atoms with van der Waals surface area (Å²) in [6, 6.07) is 8.18. The number of aromatic amines is 1. The maximum atomic E-state index is 12.4. The molecule has 2 N–H and O–H groups in total. The van der Waals surface area contributed by atoms with Crippen molar-refractivity contribution >= 4 is 22.8 Å². The molecule has 1 fully saturated rings. The van der Waals surface area contributed by atoms with E-state index in [1.54, 1.807) is 0 Å². The largest absolute Gasteiger partial charge is 0.357 e. The molecular weight excluding hydrogens is 316 g/mol. The Morgan fingerprint density at radius 1 is 1.08 bits per heavy atom. The fourth-order valence-corrected chi connectivity index (χ4v) is 3.88. The predicted molar refractivity (Wildman–Crippen MR) is 96.2 cm³/mol. The van der Waals surface area contributed by atoms with Crippen molar-refractivity contribution in [3.05, 3.63) is 35.5 Å². The zero-order chi connectivity index (χ0) is 17.2. The van der Waals surface area contributed by atoms with E-state index in [-0.39, 0.29) is 11.9 Å². The van der Waals surface area contributed by atoms with Crippen molar-refractivity contribution in [1.82, 2.24) is 20.1 Å². The third-order valence-electron chi connectivity index (χ3n) is 5.24. The van der Waals surface area contributed by atoms with Gasteiger partial charge < -0.3 is 20.1 Å². The van der Waals surface area contributed by atoms with E-state index in [2.05, 4.69) is 22.4 Å². The number of carbonyl (C=O) groups is 2. The van der Waals surface area contributed by atoms with Crippen LogP contribution in [0.2, 0.25) is 0 Å². The average Bonchev–Trinajstić information content (AvgIpc) is 3.28. The first kappa shape index (κ1) is 16.0. The van der Waals surface area contributed by atoms with Gasteiger partial charge in [0.25, 0.3) is 0 Å². The Morgan fingerprint density at radius 2 is 1.88 bits per heavy atom. The number of rotatable bonds is 3. The minimum absolute atomic E-state index is 0.0847. The molecule has 6 heteroatoms. The number of H-pyrrole nitrogens is 1. The quantitative estimate of drug-likeness (QED) is 0.900. The van der Waals surface area contributed by atoms with E-state index >= 15 is 0 Å². The van der Waals surface area contributed by atoms with Crippen LogP contribution in [0.4, 0.5) is 4.79 Å². The Hall–Kier alpha value is -2.50. The molecule has 0 atom stereocenters. The first-order valence-corrected chi connectivity index (χ1v) is 9.11. The molecule has 1 saturated heterocycles. The second kappa shape index (κ2) is 6.78. The van der Waals surface area contributed by atoms with Crippen LogP contribution in [0.25, 0.3) is 10.9 Å². The molecule has 4 rings (SSSR count). The highest BCUT2D eigenvalue weighted by Gasteiger charge is 2.24. The summed E-state index contributed by atoms with van der Waals surface area (Å²) in [5.41, 5.74) is 3.57. The van der Waals surface area contributed by atoms with Gasteiger partial charge in [-0.3, -0.25) is 4.79 Å². The van der Waals surface area contributed by atoms with Crippen LogP contribution in [-0.4, -0.2) is 52.9 Å². The number of hydrogen-bond donors (Lipinski definition) is 2. The molecule has 1 aromatic heterocycles. The first-order valence-electron chi connectivity index (χ1n) is 9.11. The van der Waals surface area contributed by atoms with Crippen LogP contribution < -0.4 is 5.32 Å². The zero-order valence-corrected chi connectivity index (χ0v) is 14.4. The highest BCUT2D eigenvalue weighted by molar-refractivity contribution is 5.85. The van der Waals surface area contributed by atoms with Crippen molar-refractivity contribution in [2.75, 3.05) is 26.2 Å². The Balaban J connectivity index is 1.32. The van der Waals surface area contributed by atoms with E-state index in [9.17, 15) is 9.59 Å². The van der Waals surface area contributed by atoms with Crippen molar-refractivity contribution in [3.8, 4) is 0 Å². The van der Waals surface area contributed by atoms with Gasteiger partial charge in [-0.25, -0.2) is 4.79 Å². The molecule has 2 aliphatic rings. The van der Waals surface area contributed by atoms with Gasteiger partial charge >= 0.3 is 6.03 Å². The molecule has 3 heterocycles. The van der Waals surface area contributed by atoms with Crippen molar-refractivity contribution in [2.24, 2.45) is 0 Å². The number of fused-ring (bicyclic) bond motifs is 3. The number of amides is 3. The second-order valence-corrected chi connectivity index (χ2v) is 6.87. The van der Waals surface area contributed by atoms with Gasteiger partial charge in [-0.2, -0.15) is 0 Å². The number of benzene rings is 1. The molecule has 0 unspecified atom stereocenters. The highest BCUT2D eigenvalue weighted by atomic mass is 16.2. The SMILES string of the molecule is O=C(CCNC(=O)N1CCc2c([nH]c3ccccc23)C1)N1CCCC1. The number of aromatic nitrogens is 1. The number of nitrogens with zero attached hydrogens (tertiary/aromatic N) is 2. The molecule has 1 aromatic carbocycles. The number of urea groups is 1. The topological polar surface area (TPSA) is 68.4 Å². The lowest BCUT2D eigenvalue weighted by Gasteiger charge is -2.27. The summed E-state index contributed by atoms with van der Waals surface area (Å²) >= 11 is 0. The van der Waals surface area contributed by atoms with Gasteiger partial charge in [-0.1, -0.05) is 18.2 Å². The van der Waals surface area contributed by atoms with Crippen LogP contribution in [0.5, 0.6) is 0 Å². The molecule has 2 aromatic rings. The minimum Gasteiger partial charge on any atom is -0.357 e. The fraction of sp³-hybridized carbons (Fsp3) is 0.474. The number of hydrogen-bond acceptors (Lipinski definition) is 2. The first-order chi connectivity index (χ1) is 12.2. The lowest BCUT2D eigenvalue weighted by molar-refractivity contribution is -0.129. The predicted octanol–water partition coefficient (Wildman–Crippen LogP) is 2.25. The van der Waals surface area contributed by atoms with E-state index < -0.39 is 0 Å². The lowest BCUT2D eigenvalue weighted by Crippen LogP contribution is -2.43. The van der Waals surface area contributed by atoms with Crippen LogP contribution in [0.1, 0.15) is 30.5 Å². The maximum Gasteiger partial charge on any atom is 0.317 e. The molecule has 3 amide bonds. The summed E-state index contributed by atoms with van der Waals surface area (Å²) in [6.07, 6.45) is 3.44. The summed E-state index contributed by atoms with van der Waals surface area (Å²) in [6.45, 7) is 3.44. The van der Waals surface area contributed by atoms with Crippen molar-refractivity contribution in [1.29, 1.82) is 0 Å². The monoisotopic (exact) mass is 340 g/mol. The van der Waals surface area contributed by atoms with Gasteiger partial charge in [-0.15, -0.1) is 0 Å². The summed E-state index contributed by atoms with van der Waals surface area (Å²) in [7, 11) is 0. The van der Waals surface area contributed by atoms with Crippen LogP contribution in [-0.2, 0) is 17.8 Å². The number of likely N-dealkylation sites (tertiary alicyclic amines) is 1. The van der Waals surface area contributed by atoms with Gasteiger partial charge in [0.2, 0.25) is 5.91 Å². The molecule has 0 radical (unpaired) electrons. The van der Waals surface area contributed by atoms with Crippen LogP contribution in [0.3, 0.4) is 0 Å². The molecule has 0 spiro atoms. The summed E-state index contributed by atoms with van der Waals surface area (Å²) in [5.74, 6) is 0.148. The van der Waals surface area contributed by atoms with Gasteiger partial charge in [0, 0.05) is 49.2 Å². The number of carbonyl (C=O) groups excluding carboxylic acids is 2. The minimum atomic E-state index is -0.0847. The Morgan fingerprint density at radius 3 is 2.72 bits per heavy atom. The highest BCUT2D eigenvalue weighted by Crippen LogP contribution is 2.27. The maximum absolute atomic E-state index is 12.4. The number of nitrogens with one attached hydrogen (secondary N) is 2. The Kier molecular flexibility index (Phi) is 4.34. The Labute approximate surface area is 147 Å². The van der Waals surface area contributed by atoms with E-state index in [1.165, 1.54) is 10.9 Å². The van der Waals surface area contributed by atoms with E-state index in [0.717, 1.165) is 43.6 Å². The molecule has 132 valence electrons. The molecule has 6 nitrogen and oxygen atoms in total. The molecule has 0 saturated carbocycles. The van der Waals surface area contributed by atoms with E-state index in [4.69, 9.17) is 0 Å². The van der Waals surface area contributed by atoms with E-state index in [0.29, 0.717) is 26.1 Å². The Bertz CT molecular complexity index is 792. The summed E-state index contributed by atoms with van der Waals surface area (Å²) < 4.78 is 0. The lowest BCUT2D eigenvalue weighted by atomic mass is 10.0. The molecule has 25 heavy (non-hydrogen) atoms. The van der Waals surface area contributed by atoms with Gasteiger partial charge in [0.1, 0.15) is 0 Å². The summed E-state index contributed by atoms with van der Waals surface area (Å²) in [5, 5.41) is 4.16. The molecular formula is C19H24N4O2. The van der Waals surface area contributed by atoms with E-state index in [1.807, 2.05) is 21.9 Å². The third kappa shape index (κ3) is 3.21. The average molecular weight is 340 g/mol. The second-order valence-electron chi connectivity index (χ2n) is 6.87. The van der Waals surface area contributed by atoms with Crippen molar-refractivity contribution in [2.45, 2.75) is 32.2 Å².